The maximum Gasteiger partial charge on any atom is 0.164 e. The van der Waals surface area contributed by atoms with Crippen LogP contribution in [0.4, 0.5) is 0 Å². The zero-order valence-electron chi connectivity index (χ0n) is 35.3. The first-order valence-electron chi connectivity index (χ1n) is 21.9. The second kappa shape index (κ2) is 16.4. The predicted octanol–water partition coefficient (Wildman–Crippen LogP) is 16.7. The molecule has 0 spiro atoms. The van der Waals surface area contributed by atoms with Gasteiger partial charge in [0, 0.05) is 42.4 Å². The van der Waals surface area contributed by atoms with E-state index in [9.17, 15) is 0 Å². The quantitative estimate of drug-likeness (QED) is 0.153. The highest BCUT2D eigenvalue weighted by atomic mass is 32.1. The van der Waals surface area contributed by atoms with Gasteiger partial charge in [0.15, 0.2) is 17.5 Å². The molecule has 0 radical (unpaired) electrons. The fourth-order valence-electron chi connectivity index (χ4n) is 9.19. The maximum atomic E-state index is 5.19. The van der Waals surface area contributed by atoms with E-state index < -0.39 is 0 Å². The van der Waals surface area contributed by atoms with Crippen molar-refractivity contribution in [3.05, 3.63) is 237 Å². The first-order valence-corrected chi connectivity index (χ1v) is 22.7. The lowest BCUT2D eigenvalue weighted by molar-refractivity contribution is 1.07. The molecule has 10 aromatic carbocycles. The average molecular weight is 846 g/mol. The highest BCUT2D eigenvalue weighted by molar-refractivity contribution is 7.26. The maximum absolute atomic E-state index is 5.19. The van der Waals surface area contributed by atoms with Gasteiger partial charge in [-0.15, -0.1) is 11.3 Å². The molecule has 0 unspecified atom stereocenters. The molecule has 0 saturated heterocycles. The van der Waals surface area contributed by atoms with E-state index in [1.165, 1.54) is 53.2 Å². The largest absolute Gasteiger partial charge is 0.208 e. The Balaban J connectivity index is 0.921. The summed E-state index contributed by atoms with van der Waals surface area (Å²) in [5.74, 6) is 1.88. The Kier molecular flexibility index (Phi) is 9.70. The molecule has 0 saturated carbocycles. The van der Waals surface area contributed by atoms with Gasteiger partial charge in [-0.25, -0.2) is 15.0 Å². The minimum Gasteiger partial charge on any atom is -0.208 e. The number of hydrogen-bond donors (Lipinski definition) is 0. The van der Waals surface area contributed by atoms with Crippen molar-refractivity contribution in [2.45, 2.75) is 0 Å². The Labute approximate surface area is 381 Å². The highest BCUT2D eigenvalue weighted by Gasteiger charge is 2.18. The first-order chi connectivity index (χ1) is 32.2. The van der Waals surface area contributed by atoms with Crippen molar-refractivity contribution in [1.82, 2.24) is 15.0 Å². The molecule has 65 heavy (non-hydrogen) atoms. The zero-order chi connectivity index (χ0) is 43.1. The van der Waals surface area contributed by atoms with E-state index in [-0.39, 0.29) is 0 Å². The van der Waals surface area contributed by atoms with Gasteiger partial charge in [-0.2, -0.15) is 0 Å². The van der Waals surface area contributed by atoms with Crippen LogP contribution < -0.4 is 0 Å². The summed E-state index contributed by atoms with van der Waals surface area (Å²) < 4.78 is 2.65. The molecule has 2 aromatic heterocycles. The summed E-state index contributed by atoms with van der Waals surface area (Å²) in [6, 6.07) is 84.1. The molecule has 0 amide bonds. The second-order valence-electron chi connectivity index (χ2n) is 16.3. The topological polar surface area (TPSA) is 38.7 Å². The van der Waals surface area contributed by atoms with Crippen LogP contribution in [0.5, 0.6) is 0 Å². The number of rotatable bonds is 8. The summed E-state index contributed by atoms with van der Waals surface area (Å²) in [4.78, 5) is 15.5. The monoisotopic (exact) mass is 845 g/mol. The van der Waals surface area contributed by atoms with Crippen LogP contribution in [0, 0.1) is 0 Å². The third-order valence-corrected chi connectivity index (χ3v) is 13.6. The molecule has 0 aliphatic heterocycles. The van der Waals surface area contributed by atoms with Crippen LogP contribution in [0.25, 0.3) is 121 Å². The van der Waals surface area contributed by atoms with Crippen LogP contribution in [0.2, 0.25) is 0 Å². The molecule has 0 aliphatic rings. The molecule has 3 nitrogen and oxygen atoms in total. The summed E-state index contributed by atoms with van der Waals surface area (Å²) in [7, 11) is 0. The smallest absolute Gasteiger partial charge is 0.164 e. The van der Waals surface area contributed by atoms with Crippen molar-refractivity contribution in [1.29, 1.82) is 0 Å². The third kappa shape index (κ3) is 7.16. The van der Waals surface area contributed by atoms with Gasteiger partial charge in [-0.3, -0.25) is 0 Å². The lowest BCUT2D eigenvalue weighted by Gasteiger charge is -2.14. The fourth-order valence-corrected chi connectivity index (χ4v) is 10.4. The van der Waals surface area contributed by atoms with Crippen molar-refractivity contribution in [3.63, 3.8) is 0 Å². The Hall–Kier alpha value is -8.31. The molecule has 0 fully saturated rings. The Morgan fingerprint density at radius 2 is 0.692 bits per heavy atom. The standard InChI is InChI=1S/C61H39N3S/c1-3-16-40(17-4-1)45-21-14-23-47(39-45)60-62-59(63-61(64-60)56-28-10-7-24-48(56)42-18-5-2-6-19-42)43-34-32-41(33-35-43)44-20-13-22-46(38-44)49-36-37-52(51-26-9-8-25-50(49)51)54-29-15-30-55-53-27-11-12-31-57(53)65-58(54)55/h1-39H. The molecule has 304 valence electrons. The van der Waals surface area contributed by atoms with E-state index in [0.29, 0.717) is 17.5 Å². The lowest BCUT2D eigenvalue weighted by atomic mass is 9.90. The van der Waals surface area contributed by atoms with Gasteiger partial charge >= 0.3 is 0 Å². The van der Waals surface area contributed by atoms with Crippen LogP contribution in [0.3, 0.4) is 0 Å². The number of aromatic nitrogens is 3. The van der Waals surface area contributed by atoms with E-state index in [4.69, 9.17) is 15.0 Å². The van der Waals surface area contributed by atoms with Crippen LogP contribution >= 0.6 is 11.3 Å². The van der Waals surface area contributed by atoms with E-state index in [1.807, 2.05) is 29.5 Å². The third-order valence-electron chi connectivity index (χ3n) is 12.4. The summed E-state index contributed by atoms with van der Waals surface area (Å²) in [5.41, 5.74) is 14.4. The van der Waals surface area contributed by atoms with E-state index in [1.54, 1.807) is 0 Å². The molecule has 12 rings (SSSR count). The predicted molar refractivity (Wildman–Crippen MR) is 274 cm³/mol. The van der Waals surface area contributed by atoms with Crippen LogP contribution in [-0.2, 0) is 0 Å². The normalized spacial score (nSPS) is 11.4. The van der Waals surface area contributed by atoms with Gasteiger partial charge in [0.2, 0.25) is 0 Å². The van der Waals surface area contributed by atoms with E-state index in [0.717, 1.165) is 50.1 Å². The van der Waals surface area contributed by atoms with Crippen molar-refractivity contribution < 1.29 is 0 Å². The van der Waals surface area contributed by atoms with Crippen molar-refractivity contribution in [2.24, 2.45) is 0 Å². The van der Waals surface area contributed by atoms with E-state index in [2.05, 4.69) is 218 Å². The van der Waals surface area contributed by atoms with E-state index >= 15 is 0 Å². The Bertz CT molecular complexity index is 3710. The molecule has 4 heteroatoms. The zero-order valence-corrected chi connectivity index (χ0v) is 36.1. The number of thiophene rings is 1. The highest BCUT2D eigenvalue weighted by Crippen LogP contribution is 2.44. The first kappa shape index (κ1) is 38.4. The van der Waals surface area contributed by atoms with Crippen LogP contribution in [0.1, 0.15) is 0 Å². The molecule has 0 atom stereocenters. The van der Waals surface area contributed by atoms with Crippen molar-refractivity contribution in [2.75, 3.05) is 0 Å². The Morgan fingerprint density at radius 3 is 1.45 bits per heavy atom. The lowest BCUT2D eigenvalue weighted by Crippen LogP contribution is -2.01. The van der Waals surface area contributed by atoms with Gasteiger partial charge in [0.25, 0.3) is 0 Å². The van der Waals surface area contributed by atoms with Gasteiger partial charge in [-0.05, 0) is 79.0 Å². The van der Waals surface area contributed by atoms with Crippen LogP contribution in [-0.4, -0.2) is 15.0 Å². The summed E-state index contributed by atoms with van der Waals surface area (Å²) in [5, 5.41) is 5.12. The number of hydrogen-bond acceptors (Lipinski definition) is 4. The molecule has 12 aromatic rings. The average Bonchev–Trinajstić information content (AvgIpc) is 3.78. The second-order valence-corrected chi connectivity index (χ2v) is 17.4. The summed E-state index contributed by atoms with van der Waals surface area (Å²) in [6.45, 7) is 0. The SMILES string of the molecule is c1ccc(-c2cccc(-c3nc(-c4ccc(-c5cccc(-c6ccc(-c7cccc8c7sc7ccccc78)c7ccccc67)c5)cc4)nc(-c4ccccc4-c4ccccc4)n3)c2)cc1. The van der Waals surface area contributed by atoms with Gasteiger partial charge in [0.1, 0.15) is 0 Å². The fraction of sp³-hybridized carbons (Fsp3) is 0. The molecule has 0 aliphatic carbocycles. The number of fused-ring (bicyclic) bond motifs is 4. The van der Waals surface area contributed by atoms with Gasteiger partial charge < -0.3 is 0 Å². The van der Waals surface area contributed by atoms with Crippen LogP contribution in [0.15, 0.2) is 237 Å². The van der Waals surface area contributed by atoms with Gasteiger partial charge in [-0.1, -0.05) is 218 Å². The summed E-state index contributed by atoms with van der Waals surface area (Å²) >= 11 is 1.88. The number of benzene rings is 10. The molecule has 2 heterocycles. The molecule has 0 bridgehead atoms. The molecular formula is C61H39N3S. The van der Waals surface area contributed by atoms with Crippen molar-refractivity contribution in [3.8, 4) is 89.8 Å². The Morgan fingerprint density at radius 1 is 0.231 bits per heavy atom. The van der Waals surface area contributed by atoms with Gasteiger partial charge in [0.05, 0.1) is 0 Å². The summed E-state index contributed by atoms with van der Waals surface area (Å²) in [6.07, 6.45) is 0. The number of nitrogens with zero attached hydrogens (tertiary/aromatic N) is 3. The molecule has 0 N–H and O–H groups in total. The minimum atomic E-state index is 0.621. The molecular weight excluding hydrogens is 807 g/mol. The minimum absolute atomic E-state index is 0.621. The van der Waals surface area contributed by atoms with Crippen molar-refractivity contribution >= 4 is 42.3 Å².